The maximum atomic E-state index is 2.45. The fraction of sp³-hybridized carbons (Fsp3) is 0.0909. The van der Waals surface area contributed by atoms with Gasteiger partial charge < -0.3 is 24.8 Å². The first-order valence-corrected chi connectivity index (χ1v) is 20.2. The Bertz CT molecular complexity index is 756. The van der Waals surface area contributed by atoms with Crippen molar-refractivity contribution in [3.63, 3.8) is 0 Å². The van der Waals surface area contributed by atoms with Gasteiger partial charge in [-0.2, -0.15) is 0 Å². The summed E-state index contributed by atoms with van der Waals surface area (Å²) in [5.74, 6) is -1.18. The van der Waals surface area contributed by atoms with Crippen molar-refractivity contribution in [3.05, 3.63) is 104 Å². The smallest absolute Gasteiger partial charge is 1.00 e. The van der Waals surface area contributed by atoms with Crippen LogP contribution in [0.5, 0.6) is 0 Å². The molecule has 2 aromatic rings. The third-order valence-corrected chi connectivity index (χ3v) is 34.6. The van der Waals surface area contributed by atoms with Crippen LogP contribution in [-0.2, 0) is 20.6 Å². The van der Waals surface area contributed by atoms with Gasteiger partial charge in [0.15, 0.2) is 0 Å². The second kappa shape index (κ2) is 10.4. The van der Waals surface area contributed by atoms with Crippen LogP contribution in [0.25, 0.3) is 0 Å². The summed E-state index contributed by atoms with van der Waals surface area (Å²) < 4.78 is 3.61. The van der Waals surface area contributed by atoms with Crippen LogP contribution >= 0.6 is 0 Å². The first-order valence-electron chi connectivity index (χ1n) is 8.62. The molecule has 2 aliphatic carbocycles. The summed E-state index contributed by atoms with van der Waals surface area (Å²) in [6.45, 7) is 0. The maximum absolute atomic E-state index is 2.45. The average Bonchev–Trinajstić information content (AvgIpc) is 3.35. The van der Waals surface area contributed by atoms with Crippen molar-refractivity contribution in [2.45, 2.75) is 12.8 Å². The molecule has 4 rings (SSSR count). The van der Waals surface area contributed by atoms with Crippen molar-refractivity contribution in [2.75, 3.05) is 0 Å². The summed E-state index contributed by atoms with van der Waals surface area (Å²) in [4.78, 5) is 0. The number of hydrogen-bond acceptors (Lipinski definition) is 0. The average molecular weight is 563 g/mol. The molecule has 131 valence electrons. The molecule has 0 fully saturated rings. The minimum Gasteiger partial charge on any atom is -1.00 e. The summed E-state index contributed by atoms with van der Waals surface area (Å²) in [6.07, 6.45) is 16.6. The zero-order valence-electron chi connectivity index (χ0n) is 14.5. The van der Waals surface area contributed by atoms with Gasteiger partial charge in [-0.1, -0.05) is 0 Å². The third-order valence-electron chi connectivity index (χ3n) is 4.79. The van der Waals surface area contributed by atoms with E-state index in [-0.39, 0.29) is 24.8 Å². The molecule has 0 aromatic heterocycles. The van der Waals surface area contributed by atoms with Gasteiger partial charge in [0.05, 0.1) is 0 Å². The van der Waals surface area contributed by atoms with Gasteiger partial charge in [-0.3, -0.25) is 0 Å². The minimum absolute atomic E-state index is 0. The second-order valence-electron chi connectivity index (χ2n) is 6.32. The van der Waals surface area contributed by atoms with Crippen LogP contribution in [0.3, 0.4) is 0 Å². The molecular formula is C22H21Cl2HfSi. The van der Waals surface area contributed by atoms with Crippen molar-refractivity contribution in [3.8, 4) is 0 Å². The Morgan fingerprint density at radius 2 is 1.04 bits per heavy atom. The first-order chi connectivity index (χ1) is 11.9. The molecule has 0 N–H and O–H groups in total. The molecule has 0 bridgehead atoms. The largest absolute Gasteiger partial charge is 1.00 e. The predicted molar refractivity (Wildman–Crippen MR) is 103 cm³/mol. The predicted octanol–water partition coefficient (Wildman–Crippen LogP) is -2.16. The van der Waals surface area contributed by atoms with E-state index >= 15 is 0 Å². The zero-order chi connectivity index (χ0) is 16.2. The first kappa shape index (κ1) is 21.4. The number of hydrogen-bond donors (Lipinski definition) is 0. The van der Waals surface area contributed by atoms with E-state index in [0.717, 1.165) is 0 Å². The van der Waals surface area contributed by atoms with Gasteiger partial charge in [-0.25, -0.2) is 0 Å². The summed E-state index contributed by atoms with van der Waals surface area (Å²) in [7, 11) is 0. The third kappa shape index (κ3) is 4.67. The van der Waals surface area contributed by atoms with E-state index in [0.29, 0.717) is 0 Å². The molecule has 4 heteroatoms. The Labute approximate surface area is 177 Å². The SMILES string of the molecule is C1=CC[C]([Hf+2]([C]2=CC=CC2)[SiH](c2ccccc2)c2ccccc2)=C1.[Cl-].[Cl-]. The summed E-state index contributed by atoms with van der Waals surface area (Å²) in [6, 6.07) is 22.8. The zero-order valence-corrected chi connectivity index (χ0v) is 20.7. The molecule has 0 radical (unpaired) electrons. The number of benzene rings is 2. The maximum Gasteiger partial charge on any atom is -1.00 e. The number of halogens is 2. The normalized spacial score (nSPS) is 14.5. The summed E-state index contributed by atoms with van der Waals surface area (Å²) in [5, 5.41) is 3.26. The Morgan fingerprint density at radius 1 is 0.615 bits per heavy atom. The monoisotopic (exact) mass is 563 g/mol. The molecule has 0 aliphatic heterocycles. The second-order valence-corrected chi connectivity index (χ2v) is 27.1. The molecule has 2 aromatic carbocycles. The number of rotatable bonds is 5. The molecule has 26 heavy (non-hydrogen) atoms. The van der Waals surface area contributed by atoms with Crippen molar-refractivity contribution in [1.29, 1.82) is 0 Å². The van der Waals surface area contributed by atoms with E-state index in [9.17, 15) is 0 Å². The summed E-state index contributed by atoms with van der Waals surface area (Å²) >= 11 is -2.10. The van der Waals surface area contributed by atoms with Gasteiger partial charge in [0, 0.05) is 0 Å². The van der Waals surface area contributed by atoms with Gasteiger partial charge in [0.1, 0.15) is 0 Å². The molecule has 0 saturated carbocycles. The molecule has 0 spiro atoms. The Balaban J connectivity index is 0.00000121. The van der Waals surface area contributed by atoms with E-state index in [2.05, 4.69) is 97.1 Å². The van der Waals surface area contributed by atoms with Crippen LogP contribution in [0.4, 0.5) is 0 Å². The molecule has 2 aliphatic rings. The van der Waals surface area contributed by atoms with Gasteiger partial charge in [-0.15, -0.1) is 0 Å². The fourth-order valence-electron chi connectivity index (χ4n) is 3.69. The molecule has 0 atom stereocenters. The van der Waals surface area contributed by atoms with Crippen LogP contribution < -0.4 is 35.2 Å². The van der Waals surface area contributed by atoms with Gasteiger partial charge in [-0.05, 0) is 0 Å². The topological polar surface area (TPSA) is 0 Å². The van der Waals surface area contributed by atoms with E-state index in [1.165, 1.54) is 12.8 Å². The van der Waals surface area contributed by atoms with E-state index < -0.39 is 26.6 Å². The quantitative estimate of drug-likeness (QED) is 0.365. The molecule has 0 heterocycles. The van der Waals surface area contributed by atoms with Crippen LogP contribution in [0.2, 0.25) is 0 Å². The van der Waals surface area contributed by atoms with Gasteiger partial charge >= 0.3 is 154 Å². The molecule has 0 unspecified atom stereocenters. The number of allylic oxidation sites excluding steroid dienone is 8. The van der Waals surface area contributed by atoms with Crippen molar-refractivity contribution in [1.82, 2.24) is 0 Å². The van der Waals surface area contributed by atoms with Gasteiger partial charge in [0.2, 0.25) is 0 Å². The standard InChI is InChI=1S/C12H11Si.2C5H5.2ClH.Hf/c1-3-7-11(8-4-1)13-12-9-5-2-6-10-12;2*1-2-4-5-3-1;;;/h1-10,13H;2*1-3H,4H2;2*1H;/q;;;;;+2/p-2. The van der Waals surface area contributed by atoms with Crippen LogP contribution in [-0.4, -0.2) is 5.98 Å². The van der Waals surface area contributed by atoms with E-state index in [1.54, 1.807) is 17.0 Å². The molecule has 0 nitrogen and oxygen atoms in total. The Morgan fingerprint density at radius 3 is 1.38 bits per heavy atom. The van der Waals surface area contributed by atoms with Crippen molar-refractivity contribution in [2.24, 2.45) is 0 Å². The van der Waals surface area contributed by atoms with Crippen LogP contribution in [0.1, 0.15) is 12.8 Å². The van der Waals surface area contributed by atoms with Crippen molar-refractivity contribution < 1.29 is 45.4 Å². The van der Waals surface area contributed by atoms with Gasteiger partial charge in [0.25, 0.3) is 0 Å². The molecular weight excluding hydrogens is 542 g/mol. The Kier molecular flexibility index (Phi) is 8.56. The molecule has 0 saturated heterocycles. The molecule has 0 amide bonds. The van der Waals surface area contributed by atoms with E-state index in [1.807, 2.05) is 0 Å². The van der Waals surface area contributed by atoms with Crippen LogP contribution in [0.15, 0.2) is 104 Å². The Hall–Kier alpha value is -0.933. The summed E-state index contributed by atoms with van der Waals surface area (Å²) in [5.41, 5.74) is 0. The van der Waals surface area contributed by atoms with E-state index in [4.69, 9.17) is 0 Å². The van der Waals surface area contributed by atoms with Crippen molar-refractivity contribution >= 4 is 16.4 Å². The minimum atomic E-state index is -2.10. The van der Waals surface area contributed by atoms with Crippen LogP contribution in [0, 0.1) is 0 Å². The fourth-order valence-corrected chi connectivity index (χ4v) is 35.4.